The third-order valence-corrected chi connectivity index (χ3v) is 2.71. The number of benzene rings is 1. The van der Waals surface area contributed by atoms with Gasteiger partial charge in [-0.2, -0.15) is 0 Å². The van der Waals surface area contributed by atoms with Crippen LogP contribution in [0.5, 0.6) is 0 Å². The molecule has 0 heterocycles. The van der Waals surface area contributed by atoms with Crippen molar-refractivity contribution in [2.24, 2.45) is 4.99 Å². The molecule has 1 aromatic carbocycles. The van der Waals surface area contributed by atoms with Crippen molar-refractivity contribution in [2.45, 2.75) is 52.6 Å². The molecular formula is C15H23LiN2. The fraction of sp³-hybridized carbons (Fsp3) is 0.533. The third-order valence-electron chi connectivity index (χ3n) is 2.71. The molecule has 2 nitrogen and oxygen atoms in total. The maximum atomic E-state index is 4.73. The molecule has 0 fully saturated rings. The normalized spacial score (nSPS) is 13.7. The van der Waals surface area contributed by atoms with Crippen LogP contribution in [0, 0.1) is 0 Å². The zero-order valence-electron chi connectivity index (χ0n) is 12.8. The first-order chi connectivity index (χ1) is 8.12. The quantitative estimate of drug-likeness (QED) is 0.413. The monoisotopic (exact) mass is 238 g/mol. The molecule has 94 valence electrons. The van der Waals surface area contributed by atoms with E-state index in [1.807, 2.05) is 30.3 Å². The van der Waals surface area contributed by atoms with Crippen molar-refractivity contribution in [1.82, 2.24) is 4.90 Å². The number of para-hydroxylation sites is 1. The zero-order valence-corrected chi connectivity index (χ0v) is 12.8. The number of rotatable bonds is 1. The molecule has 1 aromatic rings. The standard InChI is InChI=1S/C15H23N2.Li/c1-14(2,3)17(15(4,5)6)12-16-13-10-8-7-9-11-13;/h7-11H,1-6H3;. The van der Waals surface area contributed by atoms with Gasteiger partial charge in [0.25, 0.3) is 0 Å². The van der Waals surface area contributed by atoms with E-state index in [4.69, 9.17) is 4.99 Å². The Labute approximate surface area is 121 Å². The number of nitrogens with zero attached hydrogens (tertiary/aromatic N) is 2. The van der Waals surface area contributed by atoms with Crippen LogP contribution in [0.4, 0.5) is 5.69 Å². The van der Waals surface area contributed by atoms with Crippen molar-refractivity contribution in [2.75, 3.05) is 0 Å². The van der Waals surface area contributed by atoms with Gasteiger partial charge < -0.3 is 0 Å². The van der Waals surface area contributed by atoms with Gasteiger partial charge in [0.05, 0.1) is 0 Å². The van der Waals surface area contributed by atoms with Gasteiger partial charge in [0, 0.05) is 0 Å². The SMILES string of the molecule is [Li][C](=Nc1ccccc1)N(C(C)(C)C)C(C)(C)C. The van der Waals surface area contributed by atoms with E-state index in [9.17, 15) is 0 Å². The van der Waals surface area contributed by atoms with E-state index in [0.29, 0.717) is 0 Å². The summed E-state index contributed by atoms with van der Waals surface area (Å²) >= 11 is 2.09. The van der Waals surface area contributed by atoms with Crippen LogP contribution < -0.4 is 0 Å². The van der Waals surface area contributed by atoms with Crippen molar-refractivity contribution in [3.8, 4) is 0 Å². The van der Waals surface area contributed by atoms with Crippen LogP contribution in [0.2, 0.25) is 0 Å². The summed E-state index contributed by atoms with van der Waals surface area (Å²) in [5.74, 6) is 0. The van der Waals surface area contributed by atoms with Crippen molar-refractivity contribution >= 4 is 27.9 Å². The van der Waals surface area contributed by atoms with Crippen LogP contribution in [0.25, 0.3) is 0 Å². The number of amidine groups is 1. The second-order valence-electron chi connectivity index (χ2n) is 6.67. The van der Waals surface area contributed by atoms with Gasteiger partial charge in [-0.3, -0.25) is 0 Å². The Morgan fingerprint density at radius 1 is 0.944 bits per heavy atom. The van der Waals surface area contributed by atoms with Crippen molar-refractivity contribution in [1.29, 1.82) is 0 Å². The molecule has 0 aliphatic heterocycles. The van der Waals surface area contributed by atoms with E-state index >= 15 is 0 Å². The van der Waals surface area contributed by atoms with Crippen molar-refractivity contribution < 1.29 is 0 Å². The molecule has 18 heavy (non-hydrogen) atoms. The Morgan fingerprint density at radius 3 is 1.78 bits per heavy atom. The Bertz CT molecular complexity index is 396. The first kappa shape index (κ1) is 15.3. The molecule has 0 spiro atoms. The summed E-state index contributed by atoms with van der Waals surface area (Å²) in [5, 5.41) is 0. The Kier molecular flexibility index (Phi) is 4.70. The van der Waals surface area contributed by atoms with E-state index in [-0.39, 0.29) is 11.1 Å². The molecule has 0 bridgehead atoms. The molecule has 0 atom stereocenters. The second-order valence-corrected chi connectivity index (χ2v) is 6.67. The molecule has 0 aromatic heterocycles. The Morgan fingerprint density at radius 2 is 1.39 bits per heavy atom. The van der Waals surface area contributed by atoms with Gasteiger partial charge in [-0.25, -0.2) is 0 Å². The third kappa shape index (κ3) is 4.19. The molecule has 0 amide bonds. The van der Waals surface area contributed by atoms with Gasteiger partial charge in [0.2, 0.25) is 0 Å². The molecule has 3 heteroatoms. The van der Waals surface area contributed by atoms with E-state index in [0.717, 1.165) is 10.2 Å². The van der Waals surface area contributed by atoms with Crippen LogP contribution in [0.1, 0.15) is 41.5 Å². The molecule has 0 saturated carbocycles. The molecule has 0 aliphatic rings. The molecule has 1 rings (SSSR count). The van der Waals surface area contributed by atoms with Crippen LogP contribution in [0.15, 0.2) is 35.3 Å². The molecule has 0 aliphatic carbocycles. The minimum atomic E-state index is 0.0562. The van der Waals surface area contributed by atoms with E-state index in [1.54, 1.807) is 0 Å². The van der Waals surface area contributed by atoms with Gasteiger partial charge in [-0.05, 0) is 0 Å². The van der Waals surface area contributed by atoms with Crippen LogP contribution in [-0.2, 0) is 0 Å². The van der Waals surface area contributed by atoms with Gasteiger partial charge in [0.1, 0.15) is 0 Å². The summed E-state index contributed by atoms with van der Waals surface area (Å²) in [4.78, 5) is 7.10. The fourth-order valence-corrected chi connectivity index (χ4v) is 2.72. The van der Waals surface area contributed by atoms with Crippen molar-refractivity contribution in [3.05, 3.63) is 30.3 Å². The van der Waals surface area contributed by atoms with Gasteiger partial charge >= 0.3 is 121 Å². The molecule has 0 radical (unpaired) electrons. The summed E-state index contributed by atoms with van der Waals surface area (Å²) in [5.41, 5.74) is 1.12. The summed E-state index contributed by atoms with van der Waals surface area (Å²) in [6, 6.07) is 10.1. The van der Waals surface area contributed by atoms with E-state index in [2.05, 4.69) is 64.2 Å². The molecular weight excluding hydrogens is 215 g/mol. The molecule has 0 saturated heterocycles. The van der Waals surface area contributed by atoms with Gasteiger partial charge in [0.15, 0.2) is 0 Å². The number of aliphatic imine (C=N–C) groups is 1. The number of hydrogen-bond donors (Lipinski definition) is 0. The Hall–Kier alpha value is -0.713. The predicted octanol–water partition coefficient (Wildman–Crippen LogP) is 3.74. The second kappa shape index (κ2) is 5.51. The summed E-state index contributed by atoms with van der Waals surface area (Å²) < 4.78 is 1.06. The first-order valence-corrected chi connectivity index (χ1v) is 6.53. The van der Waals surface area contributed by atoms with E-state index < -0.39 is 0 Å². The zero-order chi connectivity index (χ0) is 14.0. The van der Waals surface area contributed by atoms with Crippen LogP contribution in [0.3, 0.4) is 0 Å². The van der Waals surface area contributed by atoms with Crippen LogP contribution in [-0.4, -0.2) is 38.2 Å². The topological polar surface area (TPSA) is 15.6 Å². The fourth-order valence-electron chi connectivity index (χ4n) is 2.72. The summed E-state index contributed by atoms with van der Waals surface area (Å²) in [7, 11) is 0. The van der Waals surface area contributed by atoms with E-state index in [1.165, 1.54) is 0 Å². The Balaban J connectivity index is 3.12. The maximum absolute atomic E-state index is 4.73. The predicted molar refractivity (Wildman–Crippen MR) is 80.6 cm³/mol. The van der Waals surface area contributed by atoms with Gasteiger partial charge in [-0.15, -0.1) is 0 Å². The van der Waals surface area contributed by atoms with Crippen LogP contribution >= 0.6 is 0 Å². The summed E-state index contributed by atoms with van der Waals surface area (Å²) in [6.45, 7) is 13.3. The van der Waals surface area contributed by atoms with Gasteiger partial charge in [-0.1, -0.05) is 0 Å². The molecule has 0 unspecified atom stereocenters. The average molecular weight is 238 g/mol. The van der Waals surface area contributed by atoms with Crippen molar-refractivity contribution in [3.63, 3.8) is 0 Å². The average Bonchev–Trinajstić information content (AvgIpc) is 2.13. The number of hydrogen-bond acceptors (Lipinski definition) is 1. The molecule has 0 N–H and O–H groups in total. The minimum absolute atomic E-state index is 0.0562. The first-order valence-electron chi connectivity index (χ1n) is 6.53. The summed E-state index contributed by atoms with van der Waals surface area (Å²) in [6.07, 6.45) is 0.